The molecule has 1 aromatic rings. The van der Waals surface area contributed by atoms with Gasteiger partial charge in [-0.25, -0.2) is 4.98 Å². The van der Waals surface area contributed by atoms with Crippen LogP contribution in [0, 0.1) is 0 Å². The van der Waals surface area contributed by atoms with Crippen molar-refractivity contribution < 1.29 is 9.53 Å². The van der Waals surface area contributed by atoms with E-state index in [0.717, 1.165) is 17.9 Å². The number of rotatable bonds is 8. The quantitative estimate of drug-likeness (QED) is 0.530. The lowest BCUT2D eigenvalue weighted by atomic mass is 10.3. The molecule has 4 nitrogen and oxygen atoms in total. The van der Waals surface area contributed by atoms with Gasteiger partial charge in [-0.05, 0) is 6.92 Å². The summed E-state index contributed by atoms with van der Waals surface area (Å²) in [5, 5.41) is 0.579. The Morgan fingerprint density at radius 1 is 1.71 bits per heavy atom. The third-order valence-corrected chi connectivity index (χ3v) is 2.64. The van der Waals surface area contributed by atoms with Crippen molar-refractivity contribution in [3.63, 3.8) is 0 Å². The van der Waals surface area contributed by atoms with Crippen LogP contribution in [0.2, 0.25) is 5.15 Å². The van der Waals surface area contributed by atoms with Crippen molar-refractivity contribution in [1.82, 2.24) is 9.55 Å². The molecule has 0 spiro atoms. The van der Waals surface area contributed by atoms with E-state index in [1.807, 2.05) is 11.5 Å². The molecule has 0 fully saturated rings. The number of aldehydes is 1. The van der Waals surface area contributed by atoms with Gasteiger partial charge in [0.25, 0.3) is 0 Å². The minimum absolute atomic E-state index is 0.458. The van der Waals surface area contributed by atoms with Gasteiger partial charge >= 0.3 is 0 Å². The molecule has 0 bridgehead atoms. The first kappa shape index (κ1) is 13.8. The van der Waals surface area contributed by atoms with Gasteiger partial charge in [0.05, 0.1) is 18.6 Å². The fraction of sp³-hybridized carbons (Fsp3) is 0.500. The highest BCUT2D eigenvalue weighted by molar-refractivity contribution is 6.29. The first-order valence-corrected chi connectivity index (χ1v) is 6.01. The van der Waals surface area contributed by atoms with E-state index in [9.17, 15) is 4.79 Å². The van der Waals surface area contributed by atoms with Crippen LogP contribution < -0.4 is 0 Å². The number of hydrogen-bond donors (Lipinski definition) is 0. The van der Waals surface area contributed by atoms with Crippen LogP contribution in [0.5, 0.6) is 0 Å². The van der Waals surface area contributed by atoms with Crippen molar-refractivity contribution in [2.45, 2.75) is 32.7 Å². The number of ether oxygens (including phenoxy) is 1. The van der Waals surface area contributed by atoms with Crippen LogP contribution in [0.1, 0.15) is 25.6 Å². The minimum atomic E-state index is 0.458. The Hall–Kier alpha value is -1.29. The van der Waals surface area contributed by atoms with Crippen molar-refractivity contribution >= 4 is 17.9 Å². The predicted octanol–water partition coefficient (Wildman–Crippen LogP) is 2.61. The maximum Gasteiger partial charge on any atom is 0.128 e. The first-order valence-electron chi connectivity index (χ1n) is 5.63. The maximum absolute atomic E-state index is 10.3. The molecule has 17 heavy (non-hydrogen) atoms. The lowest BCUT2D eigenvalue weighted by molar-refractivity contribution is -0.107. The number of nitrogens with zero attached hydrogens (tertiary/aromatic N) is 2. The van der Waals surface area contributed by atoms with Crippen molar-refractivity contribution in [1.29, 1.82) is 0 Å². The molecule has 0 unspecified atom stereocenters. The van der Waals surface area contributed by atoms with Crippen LogP contribution in [0.4, 0.5) is 0 Å². The molecule has 0 aliphatic carbocycles. The van der Waals surface area contributed by atoms with Crippen molar-refractivity contribution in [3.05, 3.63) is 29.5 Å². The number of aromatic nitrogens is 2. The largest absolute Gasteiger partial charge is 0.499 e. The molecule has 0 atom stereocenters. The Bertz CT molecular complexity index is 388. The monoisotopic (exact) mass is 256 g/mol. The van der Waals surface area contributed by atoms with Gasteiger partial charge in [-0.1, -0.05) is 18.2 Å². The van der Waals surface area contributed by atoms with Crippen molar-refractivity contribution in [3.8, 4) is 0 Å². The summed E-state index contributed by atoms with van der Waals surface area (Å²) in [6, 6.07) is 0. The molecule has 0 saturated carbocycles. The van der Waals surface area contributed by atoms with E-state index in [2.05, 4.69) is 11.6 Å². The molecule has 94 valence electrons. The van der Waals surface area contributed by atoms with Crippen molar-refractivity contribution in [2.24, 2.45) is 0 Å². The molecule has 0 aliphatic rings. The van der Waals surface area contributed by atoms with E-state index < -0.39 is 0 Å². The second kappa shape index (κ2) is 7.12. The summed E-state index contributed by atoms with van der Waals surface area (Å²) in [5.41, 5.74) is 0. The molecule has 0 amide bonds. The van der Waals surface area contributed by atoms with Gasteiger partial charge in [0.2, 0.25) is 0 Å². The van der Waals surface area contributed by atoms with E-state index in [0.29, 0.717) is 37.6 Å². The fourth-order valence-electron chi connectivity index (χ4n) is 1.53. The van der Waals surface area contributed by atoms with Gasteiger partial charge in [-0.2, -0.15) is 0 Å². The van der Waals surface area contributed by atoms with E-state index in [1.165, 1.54) is 0 Å². The second-order valence-electron chi connectivity index (χ2n) is 3.58. The van der Waals surface area contributed by atoms with Gasteiger partial charge in [0.15, 0.2) is 0 Å². The Morgan fingerprint density at radius 3 is 3.12 bits per heavy atom. The van der Waals surface area contributed by atoms with Crippen LogP contribution in [-0.4, -0.2) is 22.4 Å². The molecule has 1 heterocycles. The normalized spacial score (nSPS) is 10.2. The molecular weight excluding hydrogens is 240 g/mol. The average Bonchev–Trinajstić information content (AvgIpc) is 2.65. The summed E-state index contributed by atoms with van der Waals surface area (Å²) in [5.74, 6) is 1.56. The van der Waals surface area contributed by atoms with Crippen LogP contribution >= 0.6 is 11.6 Å². The van der Waals surface area contributed by atoms with Crippen LogP contribution in [0.25, 0.3) is 0 Å². The van der Waals surface area contributed by atoms with Crippen LogP contribution in [-0.2, 0) is 22.5 Å². The summed E-state index contributed by atoms with van der Waals surface area (Å²) in [4.78, 5) is 14.5. The molecular formula is C12H17ClN2O2. The number of aryl methyl sites for hydroxylation is 1. The molecule has 0 aromatic carbocycles. The Kier molecular flexibility index (Phi) is 5.77. The van der Waals surface area contributed by atoms with Crippen LogP contribution in [0.3, 0.4) is 0 Å². The highest BCUT2D eigenvalue weighted by Crippen LogP contribution is 2.15. The third kappa shape index (κ3) is 4.23. The zero-order valence-electron chi connectivity index (χ0n) is 9.99. The summed E-state index contributed by atoms with van der Waals surface area (Å²) in [7, 11) is 0. The highest BCUT2D eigenvalue weighted by Gasteiger charge is 2.08. The molecule has 5 heteroatoms. The third-order valence-electron chi connectivity index (χ3n) is 2.34. The number of imidazole rings is 1. The summed E-state index contributed by atoms with van der Waals surface area (Å²) < 4.78 is 7.16. The smallest absolute Gasteiger partial charge is 0.128 e. The fourth-order valence-corrected chi connectivity index (χ4v) is 1.76. The SMILES string of the molecule is C=C(CCn1c(Cl)cnc1CCC=O)OCC. The molecule has 1 rings (SSSR count). The Labute approximate surface area is 106 Å². The Balaban J connectivity index is 2.59. The predicted molar refractivity (Wildman–Crippen MR) is 67.0 cm³/mol. The van der Waals surface area contributed by atoms with Crippen molar-refractivity contribution in [2.75, 3.05) is 6.61 Å². The van der Waals surface area contributed by atoms with E-state index in [4.69, 9.17) is 16.3 Å². The maximum atomic E-state index is 10.3. The number of carbonyl (C=O) groups excluding carboxylic acids is 1. The number of allylic oxidation sites excluding steroid dienone is 1. The lowest BCUT2D eigenvalue weighted by Crippen LogP contribution is -2.06. The van der Waals surface area contributed by atoms with E-state index in [1.54, 1.807) is 6.20 Å². The highest BCUT2D eigenvalue weighted by atomic mass is 35.5. The molecule has 0 aliphatic heterocycles. The van der Waals surface area contributed by atoms with E-state index in [-0.39, 0.29) is 0 Å². The van der Waals surface area contributed by atoms with Gasteiger partial charge in [-0.15, -0.1) is 0 Å². The van der Waals surface area contributed by atoms with Gasteiger partial charge in [0, 0.05) is 25.8 Å². The minimum Gasteiger partial charge on any atom is -0.499 e. The summed E-state index contributed by atoms with van der Waals surface area (Å²) in [6.07, 6.45) is 4.24. The number of hydrogen-bond acceptors (Lipinski definition) is 3. The summed E-state index contributed by atoms with van der Waals surface area (Å²) >= 11 is 6.03. The second-order valence-corrected chi connectivity index (χ2v) is 3.96. The zero-order valence-corrected chi connectivity index (χ0v) is 10.7. The van der Waals surface area contributed by atoms with Gasteiger partial charge in [0.1, 0.15) is 17.3 Å². The molecule has 0 saturated heterocycles. The van der Waals surface area contributed by atoms with Crippen LogP contribution in [0.15, 0.2) is 18.5 Å². The number of halogens is 1. The average molecular weight is 257 g/mol. The van der Waals surface area contributed by atoms with Gasteiger partial charge in [-0.3, -0.25) is 0 Å². The summed E-state index contributed by atoms with van der Waals surface area (Å²) in [6.45, 7) is 7.02. The van der Waals surface area contributed by atoms with E-state index >= 15 is 0 Å². The first-order chi connectivity index (χ1) is 8.19. The zero-order chi connectivity index (χ0) is 12.7. The Morgan fingerprint density at radius 2 is 2.47 bits per heavy atom. The topological polar surface area (TPSA) is 44.1 Å². The molecule has 0 N–H and O–H groups in total. The number of carbonyl (C=O) groups is 1. The van der Waals surface area contributed by atoms with Gasteiger partial charge < -0.3 is 14.1 Å². The lowest BCUT2D eigenvalue weighted by Gasteiger charge is -2.10. The molecule has 1 aromatic heterocycles. The molecule has 0 radical (unpaired) electrons. The standard InChI is InChI=1S/C12H17ClN2O2/c1-3-17-10(2)6-7-15-11(13)9-14-12(15)5-4-8-16/h8-9H,2-7H2,1H3.